The van der Waals surface area contributed by atoms with Crippen molar-refractivity contribution in [3.63, 3.8) is 0 Å². The van der Waals surface area contributed by atoms with Gasteiger partial charge in [0.05, 0.1) is 6.10 Å². The average Bonchev–Trinajstić information content (AvgIpc) is 2.58. The summed E-state index contributed by atoms with van der Waals surface area (Å²) in [5.41, 5.74) is 1.12. The summed E-state index contributed by atoms with van der Waals surface area (Å²) in [4.78, 5) is 2.47. The minimum absolute atomic E-state index is 0.249. The maximum absolute atomic E-state index is 9.70. The predicted octanol–water partition coefficient (Wildman–Crippen LogP) is 4.51. The number of aliphatic hydroxyl groups is 1. The standard InChI is InChI=1S/C16H23Cl2NO/c1-12(20)9-15-5-3-2-4-8-19(15)11-13-6-7-14(17)10-16(13)18/h6-7,10,12,15,20H,2-5,8-9,11H2,1H3. The number of halogens is 2. The molecule has 1 aromatic carbocycles. The van der Waals surface area contributed by atoms with E-state index in [0.717, 1.165) is 36.5 Å². The largest absolute Gasteiger partial charge is 0.393 e. The third kappa shape index (κ3) is 4.63. The third-order valence-electron chi connectivity index (χ3n) is 4.00. The average molecular weight is 316 g/mol. The fourth-order valence-electron chi connectivity index (χ4n) is 2.97. The minimum Gasteiger partial charge on any atom is -0.393 e. The van der Waals surface area contributed by atoms with Gasteiger partial charge in [0.2, 0.25) is 0 Å². The van der Waals surface area contributed by atoms with Crippen LogP contribution in [0.15, 0.2) is 18.2 Å². The topological polar surface area (TPSA) is 23.5 Å². The molecule has 0 aliphatic carbocycles. The molecular formula is C16H23Cl2NO. The third-order valence-corrected chi connectivity index (χ3v) is 4.59. The molecule has 4 heteroatoms. The highest BCUT2D eigenvalue weighted by molar-refractivity contribution is 6.35. The molecule has 1 aliphatic heterocycles. The zero-order valence-corrected chi connectivity index (χ0v) is 13.5. The molecule has 1 fully saturated rings. The number of hydrogen-bond acceptors (Lipinski definition) is 2. The SMILES string of the molecule is CC(O)CC1CCCCCN1Cc1ccc(Cl)cc1Cl. The van der Waals surface area contributed by atoms with Gasteiger partial charge in [-0.05, 0) is 50.4 Å². The lowest BCUT2D eigenvalue weighted by molar-refractivity contribution is 0.108. The maximum atomic E-state index is 9.70. The molecule has 0 spiro atoms. The van der Waals surface area contributed by atoms with Crippen molar-refractivity contribution in [2.45, 2.75) is 57.7 Å². The van der Waals surface area contributed by atoms with Crippen LogP contribution < -0.4 is 0 Å². The van der Waals surface area contributed by atoms with Crippen LogP contribution in [0.1, 0.15) is 44.6 Å². The van der Waals surface area contributed by atoms with E-state index in [1.807, 2.05) is 19.1 Å². The molecule has 2 rings (SSSR count). The molecule has 2 atom stereocenters. The Balaban J connectivity index is 2.10. The van der Waals surface area contributed by atoms with E-state index in [1.54, 1.807) is 6.07 Å². The molecule has 0 amide bonds. The molecule has 0 saturated carbocycles. The first-order chi connectivity index (χ1) is 9.56. The fraction of sp³-hybridized carbons (Fsp3) is 0.625. The molecule has 112 valence electrons. The highest BCUT2D eigenvalue weighted by atomic mass is 35.5. The van der Waals surface area contributed by atoms with Gasteiger partial charge in [-0.2, -0.15) is 0 Å². The summed E-state index contributed by atoms with van der Waals surface area (Å²) in [5.74, 6) is 0. The van der Waals surface area contributed by atoms with Gasteiger partial charge in [0, 0.05) is 22.6 Å². The zero-order valence-electron chi connectivity index (χ0n) is 12.0. The van der Waals surface area contributed by atoms with Gasteiger partial charge in [-0.3, -0.25) is 4.90 Å². The quantitative estimate of drug-likeness (QED) is 0.883. The Hall–Kier alpha value is -0.280. The van der Waals surface area contributed by atoms with E-state index in [4.69, 9.17) is 23.2 Å². The first kappa shape index (κ1) is 16.1. The van der Waals surface area contributed by atoms with Crippen molar-refractivity contribution in [2.24, 2.45) is 0 Å². The summed E-state index contributed by atoms with van der Waals surface area (Å²) in [5, 5.41) is 11.1. The van der Waals surface area contributed by atoms with Crippen molar-refractivity contribution in [2.75, 3.05) is 6.54 Å². The molecule has 1 N–H and O–H groups in total. The van der Waals surface area contributed by atoms with Crippen LogP contribution in [0.25, 0.3) is 0 Å². The molecular weight excluding hydrogens is 293 g/mol. The first-order valence-corrected chi connectivity index (χ1v) is 8.18. The van der Waals surface area contributed by atoms with Crippen LogP contribution in [0.5, 0.6) is 0 Å². The van der Waals surface area contributed by atoms with E-state index in [9.17, 15) is 5.11 Å². The van der Waals surface area contributed by atoms with Gasteiger partial charge in [0.1, 0.15) is 0 Å². The summed E-state index contributed by atoms with van der Waals surface area (Å²) in [6.45, 7) is 3.79. The molecule has 0 bridgehead atoms. The second-order valence-electron chi connectivity index (χ2n) is 5.79. The van der Waals surface area contributed by atoms with Crippen molar-refractivity contribution < 1.29 is 5.11 Å². The van der Waals surface area contributed by atoms with Crippen LogP contribution in [0, 0.1) is 0 Å². The molecule has 0 aromatic heterocycles. The minimum atomic E-state index is -0.249. The van der Waals surface area contributed by atoms with Crippen LogP contribution in [0.2, 0.25) is 10.0 Å². The molecule has 20 heavy (non-hydrogen) atoms. The predicted molar refractivity (Wildman–Crippen MR) is 85.4 cm³/mol. The normalized spacial score (nSPS) is 22.5. The Morgan fingerprint density at radius 2 is 2.10 bits per heavy atom. The maximum Gasteiger partial charge on any atom is 0.0527 e. The number of hydrogen-bond donors (Lipinski definition) is 1. The molecule has 1 saturated heterocycles. The highest BCUT2D eigenvalue weighted by Crippen LogP contribution is 2.26. The van der Waals surface area contributed by atoms with E-state index in [0.29, 0.717) is 11.1 Å². The van der Waals surface area contributed by atoms with Crippen LogP contribution in [-0.4, -0.2) is 28.7 Å². The highest BCUT2D eigenvalue weighted by Gasteiger charge is 2.23. The second kappa shape index (κ2) is 7.65. The number of nitrogens with zero attached hydrogens (tertiary/aromatic N) is 1. The molecule has 1 aliphatic rings. The van der Waals surface area contributed by atoms with E-state index in [1.165, 1.54) is 19.3 Å². The van der Waals surface area contributed by atoms with E-state index >= 15 is 0 Å². The summed E-state index contributed by atoms with van der Waals surface area (Å²) in [6, 6.07) is 6.16. The summed E-state index contributed by atoms with van der Waals surface area (Å²) < 4.78 is 0. The van der Waals surface area contributed by atoms with Crippen LogP contribution in [-0.2, 0) is 6.54 Å². The Bertz CT molecular complexity index is 436. The van der Waals surface area contributed by atoms with Crippen molar-refractivity contribution in [3.05, 3.63) is 33.8 Å². The van der Waals surface area contributed by atoms with Crippen molar-refractivity contribution in [1.29, 1.82) is 0 Å². The zero-order chi connectivity index (χ0) is 14.5. The Morgan fingerprint density at radius 3 is 2.80 bits per heavy atom. The van der Waals surface area contributed by atoms with Crippen molar-refractivity contribution in [3.8, 4) is 0 Å². The smallest absolute Gasteiger partial charge is 0.0527 e. The summed E-state index contributed by atoms with van der Waals surface area (Å²) in [7, 11) is 0. The van der Waals surface area contributed by atoms with Gasteiger partial charge < -0.3 is 5.11 Å². The number of likely N-dealkylation sites (tertiary alicyclic amines) is 1. The van der Waals surface area contributed by atoms with Crippen LogP contribution >= 0.6 is 23.2 Å². The Kier molecular flexibility index (Phi) is 6.16. The van der Waals surface area contributed by atoms with Crippen LogP contribution in [0.4, 0.5) is 0 Å². The monoisotopic (exact) mass is 315 g/mol. The molecule has 1 heterocycles. The lowest BCUT2D eigenvalue weighted by Crippen LogP contribution is -2.36. The molecule has 2 unspecified atom stereocenters. The van der Waals surface area contributed by atoms with Crippen molar-refractivity contribution in [1.82, 2.24) is 4.90 Å². The van der Waals surface area contributed by atoms with Gasteiger partial charge in [0.15, 0.2) is 0 Å². The number of benzene rings is 1. The lowest BCUT2D eigenvalue weighted by atomic mass is 10.0. The van der Waals surface area contributed by atoms with E-state index in [2.05, 4.69) is 4.90 Å². The number of rotatable bonds is 4. The number of aliphatic hydroxyl groups excluding tert-OH is 1. The molecule has 1 aromatic rings. The first-order valence-electron chi connectivity index (χ1n) is 7.42. The van der Waals surface area contributed by atoms with Gasteiger partial charge >= 0.3 is 0 Å². The summed E-state index contributed by atoms with van der Waals surface area (Å²) in [6.07, 6.45) is 5.51. The summed E-state index contributed by atoms with van der Waals surface area (Å²) >= 11 is 12.2. The second-order valence-corrected chi connectivity index (χ2v) is 6.64. The van der Waals surface area contributed by atoms with Gasteiger partial charge in [-0.25, -0.2) is 0 Å². The Labute approximate surface area is 131 Å². The van der Waals surface area contributed by atoms with E-state index in [-0.39, 0.29) is 6.10 Å². The van der Waals surface area contributed by atoms with Crippen molar-refractivity contribution >= 4 is 23.2 Å². The van der Waals surface area contributed by atoms with Gasteiger partial charge in [-0.1, -0.05) is 42.1 Å². The Morgan fingerprint density at radius 1 is 1.30 bits per heavy atom. The lowest BCUT2D eigenvalue weighted by Gasteiger charge is -2.31. The van der Waals surface area contributed by atoms with Gasteiger partial charge in [0.25, 0.3) is 0 Å². The van der Waals surface area contributed by atoms with Crippen LogP contribution in [0.3, 0.4) is 0 Å². The van der Waals surface area contributed by atoms with Gasteiger partial charge in [-0.15, -0.1) is 0 Å². The van der Waals surface area contributed by atoms with E-state index < -0.39 is 0 Å². The molecule has 0 radical (unpaired) electrons. The fourth-order valence-corrected chi connectivity index (χ4v) is 3.44. The molecule has 2 nitrogen and oxygen atoms in total.